The van der Waals surface area contributed by atoms with Crippen molar-refractivity contribution in [3.05, 3.63) is 41.5 Å². The number of carbonyl (C=O) groups is 1. The smallest absolute Gasteiger partial charge is 0.217 e. The van der Waals surface area contributed by atoms with Crippen LogP contribution in [0.3, 0.4) is 0 Å². The van der Waals surface area contributed by atoms with E-state index in [2.05, 4.69) is 37.9 Å². The first-order valence-corrected chi connectivity index (χ1v) is 9.39. The van der Waals surface area contributed by atoms with Gasteiger partial charge in [-0.1, -0.05) is 6.92 Å². The monoisotopic (exact) mass is 356 g/mol. The molecule has 0 saturated carbocycles. The molecule has 1 unspecified atom stereocenters. The number of rotatable bonds is 7. The van der Waals surface area contributed by atoms with Crippen LogP contribution in [0.15, 0.2) is 18.6 Å². The molecule has 0 aromatic carbocycles. The number of nitrogens with one attached hydrogen (secondary N) is 1. The summed E-state index contributed by atoms with van der Waals surface area (Å²) < 4.78 is 2.23. The molecular formula is C19H28N6O. The van der Waals surface area contributed by atoms with E-state index in [0.29, 0.717) is 6.54 Å². The predicted molar refractivity (Wildman–Crippen MR) is 99.2 cm³/mol. The highest BCUT2D eigenvalue weighted by molar-refractivity contribution is 5.72. The fourth-order valence-corrected chi connectivity index (χ4v) is 3.60. The van der Waals surface area contributed by atoms with Crippen LogP contribution >= 0.6 is 0 Å². The molecule has 26 heavy (non-hydrogen) atoms. The molecule has 0 aliphatic carbocycles. The molecule has 1 fully saturated rings. The Hall–Kier alpha value is -2.28. The zero-order valence-corrected chi connectivity index (χ0v) is 15.9. The maximum absolute atomic E-state index is 11.3. The van der Waals surface area contributed by atoms with Gasteiger partial charge in [0.15, 0.2) is 0 Å². The molecule has 7 nitrogen and oxygen atoms in total. The number of likely N-dealkylation sites (tertiary alicyclic amines) is 1. The quantitative estimate of drug-likeness (QED) is 0.824. The van der Waals surface area contributed by atoms with Crippen molar-refractivity contribution < 1.29 is 4.79 Å². The number of nitrogens with zero attached hydrogens (tertiary/aromatic N) is 5. The number of aromatic nitrogens is 4. The Morgan fingerprint density at radius 1 is 1.38 bits per heavy atom. The van der Waals surface area contributed by atoms with E-state index in [4.69, 9.17) is 4.98 Å². The van der Waals surface area contributed by atoms with E-state index >= 15 is 0 Å². The van der Waals surface area contributed by atoms with Crippen molar-refractivity contribution in [3.63, 3.8) is 0 Å². The zero-order valence-electron chi connectivity index (χ0n) is 15.9. The highest BCUT2D eigenvalue weighted by Gasteiger charge is 2.30. The van der Waals surface area contributed by atoms with Gasteiger partial charge in [-0.2, -0.15) is 0 Å². The molecule has 2 aromatic rings. The second-order valence-electron chi connectivity index (χ2n) is 6.90. The summed E-state index contributed by atoms with van der Waals surface area (Å²) in [6.45, 7) is 8.95. The lowest BCUT2D eigenvalue weighted by Crippen LogP contribution is -2.28. The lowest BCUT2D eigenvalue weighted by atomic mass is 10.1. The van der Waals surface area contributed by atoms with Crippen molar-refractivity contribution in [1.29, 1.82) is 0 Å². The van der Waals surface area contributed by atoms with Gasteiger partial charge in [-0.05, 0) is 32.7 Å². The molecule has 3 rings (SSSR count). The van der Waals surface area contributed by atoms with Crippen LogP contribution in [0.25, 0.3) is 0 Å². The fraction of sp³-hybridized carbons (Fsp3) is 0.579. The lowest BCUT2D eigenvalue weighted by molar-refractivity contribution is -0.119. The average Bonchev–Trinajstić information content (AvgIpc) is 3.24. The molecule has 1 atom stereocenters. The molecule has 140 valence electrons. The summed E-state index contributed by atoms with van der Waals surface area (Å²) in [6, 6.07) is 0.243. The number of aryl methyl sites for hydroxylation is 2. The first kappa shape index (κ1) is 18.5. The van der Waals surface area contributed by atoms with E-state index in [-0.39, 0.29) is 11.9 Å². The molecule has 1 saturated heterocycles. The Bertz CT molecular complexity index is 756. The average molecular weight is 356 g/mol. The van der Waals surface area contributed by atoms with Gasteiger partial charge in [0.25, 0.3) is 0 Å². The standard InChI is InChI=1S/C19H28N6O/c1-4-8-24-10-7-20-18(24)13-25-9-5-6-17(25)19-16(12-22-15(3)26)11-21-14(2)23-19/h7,10-11,17H,4-6,8-9,12-13H2,1-3H3,(H,22,26). The number of amides is 1. The lowest BCUT2D eigenvalue weighted by Gasteiger charge is -2.26. The van der Waals surface area contributed by atoms with Crippen LogP contribution in [0.2, 0.25) is 0 Å². The van der Waals surface area contributed by atoms with E-state index in [1.165, 1.54) is 6.92 Å². The molecule has 1 amide bonds. The van der Waals surface area contributed by atoms with Crippen molar-refractivity contribution in [2.24, 2.45) is 0 Å². The van der Waals surface area contributed by atoms with Crippen molar-refractivity contribution in [2.45, 2.75) is 65.7 Å². The van der Waals surface area contributed by atoms with E-state index < -0.39 is 0 Å². The Morgan fingerprint density at radius 2 is 2.23 bits per heavy atom. The van der Waals surface area contributed by atoms with E-state index in [1.54, 1.807) is 0 Å². The third-order valence-corrected chi connectivity index (χ3v) is 4.84. The molecule has 0 radical (unpaired) electrons. The van der Waals surface area contributed by atoms with Gasteiger partial charge in [-0.25, -0.2) is 15.0 Å². The second kappa shape index (κ2) is 8.40. The highest BCUT2D eigenvalue weighted by Crippen LogP contribution is 2.33. The maximum Gasteiger partial charge on any atom is 0.217 e. The molecule has 1 aliphatic heterocycles. The summed E-state index contributed by atoms with van der Waals surface area (Å²) in [5, 5.41) is 2.88. The molecule has 0 bridgehead atoms. The number of carbonyl (C=O) groups excluding carboxylic acids is 1. The minimum Gasteiger partial charge on any atom is -0.352 e. The topological polar surface area (TPSA) is 75.9 Å². The summed E-state index contributed by atoms with van der Waals surface area (Å²) in [4.78, 5) is 27.4. The van der Waals surface area contributed by atoms with Gasteiger partial charge in [0.2, 0.25) is 5.91 Å². The maximum atomic E-state index is 11.3. The minimum atomic E-state index is -0.0404. The summed E-state index contributed by atoms with van der Waals surface area (Å²) in [7, 11) is 0. The molecule has 1 aliphatic rings. The van der Waals surface area contributed by atoms with Crippen molar-refractivity contribution in [3.8, 4) is 0 Å². The first-order valence-electron chi connectivity index (χ1n) is 9.39. The van der Waals surface area contributed by atoms with Gasteiger partial charge in [0, 0.05) is 44.2 Å². The van der Waals surface area contributed by atoms with Gasteiger partial charge in [0.05, 0.1) is 18.3 Å². The van der Waals surface area contributed by atoms with Crippen LogP contribution in [-0.2, 0) is 24.4 Å². The third kappa shape index (κ3) is 4.27. The zero-order chi connectivity index (χ0) is 18.5. The first-order chi connectivity index (χ1) is 12.6. The predicted octanol–water partition coefficient (Wildman–Crippen LogP) is 2.36. The van der Waals surface area contributed by atoms with Gasteiger partial charge in [0.1, 0.15) is 11.6 Å². The van der Waals surface area contributed by atoms with Crippen LogP contribution < -0.4 is 5.32 Å². The normalized spacial score (nSPS) is 17.6. The Morgan fingerprint density at radius 3 is 3.00 bits per heavy atom. The van der Waals surface area contributed by atoms with Gasteiger partial charge in [-0.15, -0.1) is 0 Å². The minimum absolute atomic E-state index is 0.0404. The van der Waals surface area contributed by atoms with E-state index in [0.717, 1.165) is 61.8 Å². The molecule has 1 N–H and O–H groups in total. The number of imidazole rings is 1. The van der Waals surface area contributed by atoms with Crippen molar-refractivity contribution >= 4 is 5.91 Å². The van der Waals surface area contributed by atoms with Gasteiger partial charge < -0.3 is 9.88 Å². The highest BCUT2D eigenvalue weighted by atomic mass is 16.1. The van der Waals surface area contributed by atoms with E-state index in [9.17, 15) is 4.79 Å². The second-order valence-corrected chi connectivity index (χ2v) is 6.90. The van der Waals surface area contributed by atoms with Gasteiger partial charge in [-0.3, -0.25) is 9.69 Å². The molecule has 3 heterocycles. The fourth-order valence-electron chi connectivity index (χ4n) is 3.60. The van der Waals surface area contributed by atoms with Crippen LogP contribution in [-0.4, -0.2) is 36.9 Å². The SMILES string of the molecule is CCCn1ccnc1CN1CCCC1c1nc(C)ncc1CNC(C)=O. The number of hydrogen-bond acceptors (Lipinski definition) is 5. The largest absolute Gasteiger partial charge is 0.352 e. The Labute approximate surface area is 154 Å². The van der Waals surface area contributed by atoms with E-state index in [1.807, 2.05) is 19.3 Å². The Kier molecular flexibility index (Phi) is 5.98. The van der Waals surface area contributed by atoms with Crippen LogP contribution in [0.5, 0.6) is 0 Å². The van der Waals surface area contributed by atoms with Gasteiger partial charge >= 0.3 is 0 Å². The summed E-state index contributed by atoms with van der Waals surface area (Å²) in [6.07, 6.45) is 9.09. The van der Waals surface area contributed by atoms with Crippen LogP contribution in [0.1, 0.15) is 62.1 Å². The van der Waals surface area contributed by atoms with Crippen molar-refractivity contribution in [1.82, 2.24) is 29.7 Å². The Balaban J connectivity index is 1.82. The third-order valence-electron chi connectivity index (χ3n) is 4.84. The molecular weight excluding hydrogens is 328 g/mol. The summed E-state index contributed by atoms with van der Waals surface area (Å²) in [5.41, 5.74) is 2.04. The summed E-state index contributed by atoms with van der Waals surface area (Å²) >= 11 is 0. The van der Waals surface area contributed by atoms with Crippen LogP contribution in [0, 0.1) is 6.92 Å². The molecule has 7 heteroatoms. The number of hydrogen-bond donors (Lipinski definition) is 1. The summed E-state index contributed by atoms with van der Waals surface area (Å²) in [5.74, 6) is 1.83. The van der Waals surface area contributed by atoms with Crippen LogP contribution in [0.4, 0.5) is 0 Å². The van der Waals surface area contributed by atoms with Crippen molar-refractivity contribution in [2.75, 3.05) is 6.54 Å². The molecule has 0 spiro atoms. The molecule has 2 aromatic heterocycles.